The number of hydrogen-bond donors (Lipinski definition) is 0. The van der Waals surface area contributed by atoms with E-state index >= 15 is 0 Å². The van der Waals surface area contributed by atoms with Crippen LogP contribution in [0.1, 0.15) is 5.56 Å². The molecule has 0 amide bonds. The predicted molar refractivity (Wildman–Crippen MR) is 76.6 cm³/mol. The van der Waals surface area contributed by atoms with Gasteiger partial charge < -0.3 is 19.4 Å². The lowest BCUT2D eigenvalue weighted by molar-refractivity contribution is -0.297. The van der Waals surface area contributed by atoms with Gasteiger partial charge in [0.1, 0.15) is 10.6 Å². The van der Waals surface area contributed by atoms with Crippen LogP contribution in [0, 0.1) is 0 Å². The summed E-state index contributed by atoms with van der Waals surface area (Å²) in [6.07, 6.45) is 2.11. The zero-order valence-corrected chi connectivity index (χ0v) is 12.8. The van der Waals surface area contributed by atoms with Crippen molar-refractivity contribution in [3.8, 4) is 5.75 Å². The number of carboxylic acids is 1. The SMILES string of the molecule is COc1ccc(C=CC(=O)[O-])cc1S(=O)(=O)N1CCOCC1. The first-order chi connectivity index (χ1) is 10.4. The van der Waals surface area contributed by atoms with Crippen molar-refractivity contribution in [3.63, 3.8) is 0 Å². The molecule has 1 aliphatic rings. The van der Waals surface area contributed by atoms with Crippen LogP contribution in [0.3, 0.4) is 0 Å². The molecular weight excluding hydrogens is 310 g/mol. The van der Waals surface area contributed by atoms with E-state index in [4.69, 9.17) is 9.47 Å². The summed E-state index contributed by atoms with van der Waals surface area (Å²) in [4.78, 5) is 10.5. The molecule has 2 rings (SSSR count). The second-order valence-electron chi connectivity index (χ2n) is 4.58. The molecule has 8 heteroatoms. The highest BCUT2D eigenvalue weighted by Gasteiger charge is 2.29. The molecule has 22 heavy (non-hydrogen) atoms. The molecule has 0 saturated carbocycles. The van der Waals surface area contributed by atoms with Gasteiger partial charge in [0.05, 0.1) is 26.3 Å². The van der Waals surface area contributed by atoms with Crippen molar-refractivity contribution >= 4 is 22.1 Å². The van der Waals surface area contributed by atoms with E-state index in [1.165, 1.54) is 29.6 Å². The van der Waals surface area contributed by atoms with Crippen LogP contribution in [0.4, 0.5) is 0 Å². The summed E-state index contributed by atoms with van der Waals surface area (Å²) in [6, 6.07) is 4.43. The number of methoxy groups -OCH3 is 1. The van der Waals surface area contributed by atoms with Crippen LogP contribution in [0.2, 0.25) is 0 Å². The average Bonchev–Trinajstić information content (AvgIpc) is 2.53. The summed E-state index contributed by atoms with van der Waals surface area (Å²) in [5.74, 6) is -1.15. The molecule has 0 aliphatic carbocycles. The molecular formula is C14H16NO6S-. The van der Waals surface area contributed by atoms with Crippen molar-refractivity contribution in [3.05, 3.63) is 29.8 Å². The molecule has 0 radical (unpaired) electrons. The minimum absolute atomic E-state index is 0.00241. The number of nitrogens with zero attached hydrogens (tertiary/aromatic N) is 1. The largest absolute Gasteiger partial charge is 0.545 e. The molecule has 0 bridgehead atoms. The van der Waals surface area contributed by atoms with Gasteiger partial charge in [-0.2, -0.15) is 4.31 Å². The number of rotatable bonds is 5. The van der Waals surface area contributed by atoms with Crippen molar-refractivity contribution in [2.45, 2.75) is 4.90 Å². The molecule has 0 N–H and O–H groups in total. The standard InChI is InChI=1S/C14H17NO6S/c1-20-12-4-2-11(3-5-14(16)17)10-13(12)22(18,19)15-6-8-21-9-7-15/h2-5,10H,6-9H2,1H3,(H,16,17)/p-1. The van der Waals surface area contributed by atoms with Crippen LogP contribution < -0.4 is 9.84 Å². The van der Waals surface area contributed by atoms with Gasteiger partial charge in [0.2, 0.25) is 10.0 Å². The number of morpholine rings is 1. The number of sulfonamides is 1. The maximum atomic E-state index is 12.7. The van der Waals surface area contributed by atoms with Crippen molar-refractivity contribution in [2.75, 3.05) is 33.4 Å². The molecule has 120 valence electrons. The van der Waals surface area contributed by atoms with Gasteiger partial charge in [0.15, 0.2) is 0 Å². The van der Waals surface area contributed by atoms with Gasteiger partial charge >= 0.3 is 0 Å². The molecule has 0 atom stereocenters. The Kier molecular flexibility index (Phi) is 5.17. The summed E-state index contributed by atoms with van der Waals surface area (Å²) in [7, 11) is -2.36. The lowest BCUT2D eigenvalue weighted by atomic mass is 10.2. The highest BCUT2D eigenvalue weighted by molar-refractivity contribution is 7.89. The van der Waals surface area contributed by atoms with Gasteiger partial charge in [-0.15, -0.1) is 0 Å². The van der Waals surface area contributed by atoms with E-state index in [-0.39, 0.29) is 23.7 Å². The quantitative estimate of drug-likeness (QED) is 0.676. The highest BCUT2D eigenvalue weighted by Crippen LogP contribution is 2.28. The van der Waals surface area contributed by atoms with Crippen LogP contribution in [0.15, 0.2) is 29.2 Å². The highest BCUT2D eigenvalue weighted by atomic mass is 32.2. The normalized spacial score (nSPS) is 16.8. The van der Waals surface area contributed by atoms with E-state index in [0.29, 0.717) is 18.8 Å². The minimum Gasteiger partial charge on any atom is -0.545 e. The zero-order valence-electron chi connectivity index (χ0n) is 12.0. The minimum atomic E-state index is -3.73. The third-order valence-corrected chi connectivity index (χ3v) is 5.11. The number of ether oxygens (including phenoxy) is 2. The first-order valence-electron chi connectivity index (χ1n) is 6.60. The Bertz CT molecular complexity index is 677. The smallest absolute Gasteiger partial charge is 0.246 e. The maximum absolute atomic E-state index is 12.7. The first-order valence-corrected chi connectivity index (χ1v) is 8.04. The van der Waals surface area contributed by atoms with Gasteiger partial charge in [0.25, 0.3) is 0 Å². The monoisotopic (exact) mass is 326 g/mol. The van der Waals surface area contributed by atoms with E-state index in [0.717, 1.165) is 6.08 Å². The number of hydrogen-bond acceptors (Lipinski definition) is 6. The Morgan fingerprint density at radius 1 is 1.36 bits per heavy atom. The average molecular weight is 326 g/mol. The molecule has 1 saturated heterocycles. The molecule has 1 aromatic carbocycles. The second kappa shape index (κ2) is 6.91. The fourth-order valence-electron chi connectivity index (χ4n) is 2.09. The van der Waals surface area contributed by atoms with E-state index in [2.05, 4.69) is 0 Å². The van der Waals surface area contributed by atoms with E-state index < -0.39 is 16.0 Å². The van der Waals surface area contributed by atoms with E-state index in [1.807, 2.05) is 0 Å². The van der Waals surface area contributed by atoms with E-state index in [1.54, 1.807) is 6.07 Å². The lowest BCUT2D eigenvalue weighted by Crippen LogP contribution is -2.40. The fourth-order valence-corrected chi connectivity index (χ4v) is 3.69. The Balaban J connectivity index is 2.42. The summed E-state index contributed by atoms with van der Waals surface area (Å²) in [5.41, 5.74) is 0.428. The number of benzene rings is 1. The van der Waals surface area contributed by atoms with Crippen LogP contribution in [0.5, 0.6) is 5.75 Å². The number of carboxylic acid groups (broad SMARTS) is 1. The molecule has 0 unspecified atom stereocenters. The van der Waals surface area contributed by atoms with Crippen molar-refractivity contribution < 1.29 is 27.8 Å². The molecule has 1 heterocycles. The molecule has 1 fully saturated rings. The van der Waals surface area contributed by atoms with Gasteiger partial charge in [-0.05, 0) is 23.8 Å². The molecule has 1 aliphatic heterocycles. The van der Waals surface area contributed by atoms with Gasteiger partial charge in [-0.1, -0.05) is 12.1 Å². The fraction of sp³-hybridized carbons (Fsp3) is 0.357. The van der Waals surface area contributed by atoms with Crippen LogP contribution in [0.25, 0.3) is 6.08 Å². The van der Waals surface area contributed by atoms with Crippen LogP contribution in [-0.2, 0) is 19.6 Å². The summed E-state index contributed by atoms with van der Waals surface area (Å²) < 4.78 is 37.0. The Morgan fingerprint density at radius 2 is 2.05 bits per heavy atom. The first kappa shape index (κ1) is 16.5. The number of carbonyl (C=O) groups excluding carboxylic acids is 1. The van der Waals surface area contributed by atoms with Crippen molar-refractivity contribution in [2.24, 2.45) is 0 Å². The molecule has 0 aromatic heterocycles. The van der Waals surface area contributed by atoms with Crippen LogP contribution in [-0.4, -0.2) is 52.1 Å². The van der Waals surface area contributed by atoms with Gasteiger partial charge in [-0.25, -0.2) is 8.42 Å². The second-order valence-corrected chi connectivity index (χ2v) is 6.49. The van der Waals surface area contributed by atoms with Gasteiger partial charge in [0, 0.05) is 13.1 Å². The molecule has 0 spiro atoms. The van der Waals surface area contributed by atoms with Crippen molar-refractivity contribution in [1.29, 1.82) is 0 Å². The summed E-state index contributed by atoms with van der Waals surface area (Å²) in [5, 5.41) is 10.5. The lowest BCUT2D eigenvalue weighted by Gasteiger charge is -2.26. The summed E-state index contributed by atoms with van der Waals surface area (Å²) >= 11 is 0. The maximum Gasteiger partial charge on any atom is 0.246 e. The number of carbonyl (C=O) groups is 1. The van der Waals surface area contributed by atoms with Crippen molar-refractivity contribution in [1.82, 2.24) is 4.31 Å². The Labute approximate surface area is 128 Å². The van der Waals surface area contributed by atoms with Gasteiger partial charge in [-0.3, -0.25) is 0 Å². The third kappa shape index (κ3) is 3.65. The molecule has 7 nitrogen and oxygen atoms in total. The zero-order chi connectivity index (χ0) is 16.2. The predicted octanol–water partition coefficient (Wildman–Crippen LogP) is -0.521. The Hall–Kier alpha value is -1.90. The van der Waals surface area contributed by atoms with Crippen LogP contribution >= 0.6 is 0 Å². The van der Waals surface area contributed by atoms with E-state index in [9.17, 15) is 18.3 Å². The topological polar surface area (TPSA) is 96.0 Å². The Morgan fingerprint density at radius 3 is 2.64 bits per heavy atom. The molecule has 1 aromatic rings. The summed E-state index contributed by atoms with van der Waals surface area (Å²) in [6.45, 7) is 1.22. The number of aliphatic carboxylic acids is 1. The third-order valence-electron chi connectivity index (χ3n) is 3.19.